The predicted octanol–water partition coefficient (Wildman–Crippen LogP) is 6.13. The summed E-state index contributed by atoms with van der Waals surface area (Å²) in [7, 11) is 1.67. The molecule has 1 aliphatic heterocycles. The van der Waals surface area contributed by atoms with Crippen molar-refractivity contribution in [2.75, 3.05) is 13.1 Å². The Morgan fingerprint density at radius 1 is 1.17 bits per heavy atom. The van der Waals surface area contributed by atoms with Gasteiger partial charge < -0.3 is 14.6 Å². The fourth-order valence-corrected chi connectivity index (χ4v) is 5.29. The molecule has 1 saturated heterocycles. The monoisotopic (exact) mass is 541 g/mol. The molecular formula is C25H24Cl2F3N3O3. The van der Waals surface area contributed by atoms with Crippen LogP contribution in [0.25, 0.3) is 10.9 Å². The molecule has 0 aliphatic carbocycles. The van der Waals surface area contributed by atoms with Gasteiger partial charge in [-0.1, -0.05) is 23.2 Å². The van der Waals surface area contributed by atoms with Crippen molar-refractivity contribution in [2.24, 2.45) is 13.0 Å². The molecule has 6 nitrogen and oxygen atoms in total. The van der Waals surface area contributed by atoms with E-state index in [0.717, 1.165) is 12.1 Å². The minimum Gasteiger partial charge on any atom is -0.481 e. The zero-order valence-electron chi connectivity index (χ0n) is 19.6. The molecule has 192 valence electrons. The number of carbonyl (C=O) groups excluding carboxylic acids is 1. The number of carbonyl (C=O) groups is 2. The maximum atomic E-state index is 13.3. The largest absolute Gasteiger partial charge is 0.481 e. The number of fused-ring (bicyclic) bond motifs is 1. The molecule has 1 aliphatic rings. The summed E-state index contributed by atoms with van der Waals surface area (Å²) in [5.41, 5.74) is 1.38. The summed E-state index contributed by atoms with van der Waals surface area (Å²) in [6, 6.07) is 4.03. The van der Waals surface area contributed by atoms with Crippen molar-refractivity contribution < 1.29 is 27.9 Å². The first-order valence-electron chi connectivity index (χ1n) is 11.4. The number of carboxylic acid groups (broad SMARTS) is 1. The van der Waals surface area contributed by atoms with Gasteiger partial charge in [0.15, 0.2) is 0 Å². The van der Waals surface area contributed by atoms with Gasteiger partial charge in [0.2, 0.25) is 0 Å². The summed E-state index contributed by atoms with van der Waals surface area (Å²) >= 11 is 13.0. The Hall–Kier alpha value is -2.78. The van der Waals surface area contributed by atoms with E-state index in [1.165, 1.54) is 6.20 Å². The van der Waals surface area contributed by atoms with E-state index < -0.39 is 17.7 Å². The van der Waals surface area contributed by atoms with Crippen LogP contribution in [0.5, 0.6) is 0 Å². The number of aromatic nitrogens is 2. The number of aryl methyl sites for hydroxylation is 2. The van der Waals surface area contributed by atoms with E-state index in [1.54, 1.807) is 29.5 Å². The quantitative estimate of drug-likeness (QED) is 0.421. The fourth-order valence-electron chi connectivity index (χ4n) is 4.73. The van der Waals surface area contributed by atoms with Gasteiger partial charge in [0.05, 0.1) is 15.6 Å². The van der Waals surface area contributed by atoms with Gasteiger partial charge in [-0.25, -0.2) is 4.98 Å². The van der Waals surface area contributed by atoms with E-state index in [1.807, 2.05) is 0 Å². The highest BCUT2D eigenvalue weighted by Crippen LogP contribution is 2.36. The Balaban J connectivity index is 1.62. The third kappa shape index (κ3) is 5.18. The maximum Gasteiger partial charge on any atom is 0.416 e. The van der Waals surface area contributed by atoms with Gasteiger partial charge >= 0.3 is 12.1 Å². The molecule has 0 radical (unpaired) electrons. The van der Waals surface area contributed by atoms with E-state index in [0.29, 0.717) is 53.7 Å². The first-order chi connectivity index (χ1) is 16.9. The van der Waals surface area contributed by atoms with E-state index in [-0.39, 0.29) is 40.4 Å². The highest BCUT2D eigenvalue weighted by molar-refractivity contribution is 6.37. The van der Waals surface area contributed by atoms with Crippen LogP contribution in [0, 0.1) is 12.8 Å². The Kier molecular flexibility index (Phi) is 7.26. The van der Waals surface area contributed by atoms with Crippen molar-refractivity contribution in [1.82, 2.24) is 14.5 Å². The lowest BCUT2D eigenvalue weighted by Crippen LogP contribution is -2.39. The number of halogens is 5. The van der Waals surface area contributed by atoms with Crippen molar-refractivity contribution in [1.29, 1.82) is 0 Å². The van der Waals surface area contributed by atoms with Crippen LogP contribution in [0.15, 0.2) is 24.4 Å². The van der Waals surface area contributed by atoms with Gasteiger partial charge in [0.25, 0.3) is 5.91 Å². The van der Waals surface area contributed by atoms with Crippen LogP contribution in [0.4, 0.5) is 13.2 Å². The Bertz CT molecular complexity index is 1350. The molecule has 1 amide bonds. The van der Waals surface area contributed by atoms with Gasteiger partial charge in [-0.15, -0.1) is 0 Å². The summed E-state index contributed by atoms with van der Waals surface area (Å²) in [6.45, 7) is 2.43. The molecule has 1 fully saturated rings. The molecular weight excluding hydrogens is 518 g/mol. The van der Waals surface area contributed by atoms with Crippen LogP contribution in [0.3, 0.4) is 0 Å². The second-order valence-corrected chi connectivity index (χ2v) is 9.96. The number of amides is 1. The number of aliphatic carboxylic acids is 1. The average Bonchev–Trinajstić information content (AvgIpc) is 3.12. The summed E-state index contributed by atoms with van der Waals surface area (Å²) in [5.74, 6) is -1.21. The summed E-state index contributed by atoms with van der Waals surface area (Å²) in [5, 5.41) is 10.0. The Labute approximate surface area is 215 Å². The number of hydrogen-bond donors (Lipinski definition) is 1. The van der Waals surface area contributed by atoms with Crippen molar-refractivity contribution >= 4 is 46.0 Å². The first kappa shape index (κ1) is 26.3. The van der Waals surface area contributed by atoms with E-state index >= 15 is 0 Å². The SMILES string of the molecule is Cc1cc(C(F)(F)F)cc2c1cc(Cc1c(Cl)cnc(C(=O)N3CCC(CC(=O)O)CC3)c1Cl)n2C. The van der Waals surface area contributed by atoms with E-state index in [4.69, 9.17) is 28.3 Å². The lowest BCUT2D eigenvalue weighted by atomic mass is 9.93. The van der Waals surface area contributed by atoms with Gasteiger partial charge in [-0.05, 0) is 55.0 Å². The van der Waals surface area contributed by atoms with Gasteiger partial charge in [0.1, 0.15) is 5.69 Å². The van der Waals surface area contributed by atoms with Crippen LogP contribution in [-0.4, -0.2) is 44.5 Å². The zero-order chi connectivity index (χ0) is 26.4. The van der Waals surface area contributed by atoms with Crippen molar-refractivity contribution in [3.63, 3.8) is 0 Å². The number of rotatable bonds is 5. The molecule has 0 atom stereocenters. The third-order valence-corrected chi connectivity index (χ3v) is 7.52. The van der Waals surface area contributed by atoms with Crippen LogP contribution in [-0.2, 0) is 24.4 Å². The number of likely N-dealkylation sites (tertiary alicyclic amines) is 1. The Morgan fingerprint density at radius 2 is 1.83 bits per heavy atom. The summed E-state index contributed by atoms with van der Waals surface area (Å²) < 4.78 is 41.6. The number of carboxylic acids is 1. The topological polar surface area (TPSA) is 75.4 Å². The molecule has 0 unspecified atom stereocenters. The lowest BCUT2D eigenvalue weighted by Gasteiger charge is -2.31. The summed E-state index contributed by atoms with van der Waals surface area (Å²) in [4.78, 5) is 29.9. The maximum absolute atomic E-state index is 13.3. The number of alkyl halides is 3. The predicted molar refractivity (Wildman–Crippen MR) is 131 cm³/mol. The van der Waals surface area contributed by atoms with Crippen LogP contribution in [0.1, 0.15) is 52.1 Å². The first-order valence-corrected chi connectivity index (χ1v) is 12.1. The minimum absolute atomic E-state index is 0.0172. The molecule has 0 bridgehead atoms. The molecule has 0 spiro atoms. The third-order valence-electron chi connectivity index (χ3n) is 6.79. The zero-order valence-corrected chi connectivity index (χ0v) is 21.1. The molecule has 11 heteroatoms. The molecule has 3 aromatic rings. The average molecular weight is 542 g/mol. The molecule has 1 N–H and O–H groups in total. The van der Waals surface area contributed by atoms with Gasteiger partial charge in [0, 0.05) is 55.8 Å². The van der Waals surface area contributed by atoms with Crippen molar-refractivity contribution in [3.05, 3.63) is 62.5 Å². The van der Waals surface area contributed by atoms with Crippen molar-refractivity contribution in [2.45, 2.75) is 38.8 Å². The highest BCUT2D eigenvalue weighted by atomic mass is 35.5. The molecule has 4 rings (SSSR count). The van der Waals surface area contributed by atoms with E-state index in [2.05, 4.69) is 4.98 Å². The lowest BCUT2D eigenvalue weighted by molar-refractivity contribution is -0.139. The Morgan fingerprint density at radius 3 is 2.44 bits per heavy atom. The standard InChI is InChI=1S/C25H24Cl2F3N3O3/c1-13-7-15(25(28,29)30)9-20-17(13)10-16(32(20)2)11-18-19(26)12-31-23(22(18)27)24(36)33-5-3-14(4-6-33)8-21(34)35/h7,9-10,12,14H,3-6,8,11H2,1-2H3,(H,34,35). The van der Waals surface area contributed by atoms with E-state index in [9.17, 15) is 22.8 Å². The normalized spacial score (nSPS) is 15.0. The number of hydrogen-bond acceptors (Lipinski definition) is 3. The molecule has 0 saturated carbocycles. The number of nitrogens with zero attached hydrogens (tertiary/aromatic N) is 3. The van der Waals surface area contributed by atoms with Gasteiger partial charge in [-0.3, -0.25) is 9.59 Å². The number of benzene rings is 1. The summed E-state index contributed by atoms with van der Waals surface area (Å²) in [6.07, 6.45) is -1.70. The minimum atomic E-state index is -4.46. The number of piperidine rings is 1. The molecule has 1 aromatic carbocycles. The van der Waals surface area contributed by atoms with Crippen molar-refractivity contribution in [3.8, 4) is 0 Å². The fraction of sp³-hybridized carbons (Fsp3) is 0.400. The number of pyridine rings is 1. The molecule has 36 heavy (non-hydrogen) atoms. The van der Waals surface area contributed by atoms with Crippen LogP contribution < -0.4 is 0 Å². The second-order valence-electron chi connectivity index (χ2n) is 9.18. The van der Waals surface area contributed by atoms with Gasteiger partial charge in [-0.2, -0.15) is 13.2 Å². The second kappa shape index (κ2) is 9.94. The molecule has 2 aromatic heterocycles. The highest BCUT2D eigenvalue weighted by Gasteiger charge is 2.32. The smallest absolute Gasteiger partial charge is 0.416 e. The molecule has 3 heterocycles. The van der Waals surface area contributed by atoms with Crippen LogP contribution in [0.2, 0.25) is 10.0 Å². The van der Waals surface area contributed by atoms with Crippen LogP contribution >= 0.6 is 23.2 Å².